The molecule has 2 N–H and O–H groups in total. The first-order valence-corrected chi connectivity index (χ1v) is 7.46. The van der Waals surface area contributed by atoms with E-state index in [4.69, 9.17) is 0 Å². The maximum Gasteiger partial charge on any atom is 0.416 e. The van der Waals surface area contributed by atoms with E-state index < -0.39 is 11.7 Å². The highest BCUT2D eigenvalue weighted by Gasteiger charge is 2.30. The number of alkyl halides is 3. The van der Waals surface area contributed by atoms with Gasteiger partial charge in [-0.3, -0.25) is 0 Å². The van der Waals surface area contributed by atoms with Gasteiger partial charge in [0.2, 0.25) is 0 Å². The van der Waals surface area contributed by atoms with Gasteiger partial charge in [0.05, 0.1) is 29.3 Å². The second-order valence-corrected chi connectivity index (χ2v) is 5.85. The number of benzene rings is 1. The highest BCUT2D eigenvalue weighted by Crippen LogP contribution is 2.30. The van der Waals surface area contributed by atoms with Crippen molar-refractivity contribution in [1.29, 1.82) is 0 Å². The standard InChI is InChI=1S/C16H19F3N4O/c1-10(2)11(3)21-15(24)22-13-8-20-23(9-13)14-6-4-5-12(7-14)16(17,18)19/h4-11H,1-3H3,(H2,21,22,24). The Hall–Kier alpha value is -2.51. The van der Waals surface area contributed by atoms with Gasteiger partial charge in [-0.1, -0.05) is 19.9 Å². The van der Waals surface area contributed by atoms with Crippen molar-refractivity contribution in [2.75, 3.05) is 5.32 Å². The molecule has 1 heterocycles. The Morgan fingerprint density at radius 2 is 1.96 bits per heavy atom. The molecule has 0 aliphatic heterocycles. The summed E-state index contributed by atoms with van der Waals surface area (Å²) in [6.45, 7) is 5.85. The van der Waals surface area contributed by atoms with E-state index in [0.717, 1.165) is 12.1 Å². The third-order valence-electron chi connectivity index (χ3n) is 3.64. The highest BCUT2D eigenvalue weighted by molar-refractivity contribution is 5.89. The summed E-state index contributed by atoms with van der Waals surface area (Å²) in [7, 11) is 0. The van der Waals surface area contributed by atoms with Gasteiger partial charge in [-0.2, -0.15) is 18.3 Å². The van der Waals surface area contributed by atoms with Crippen LogP contribution in [-0.2, 0) is 6.18 Å². The average Bonchev–Trinajstić information content (AvgIpc) is 2.94. The Balaban J connectivity index is 2.10. The highest BCUT2D eigenvalue weighted by atomic mass is 19.4. The Labute approximate surface area is 137 Å². The minimum absolute atomic E-state index is 0.0106. The summed E-state index contributed by atoms with van der Waals surface area (Å²) in [6, 6.07) is 4.41. The van der Waals surface area contributed by atoms with Crippen molar-refractivity contribution in [3.05, 3.63) is 42.2 Å². The average molecular weight is 340 g/mol. The number of carbonyl (C=O) groups excluding carboxylic acids is 1. The molecule has 1 atom stereocenters. The molecule has 0 aliphatic carbocycles. The molecular formula is C16H19F3N4O. The summed E-state index contributed by atoms with van der Waals surface area (Å²) >= 11 is 0. The largest absolute Gasteiger partial charge is 0.416 e. The van der Waals surface area contributed by atoms with E-state index in [-0.39, 0.29) is 23.7 Å². The molecule has 8 heteroatoms. The fourth-order valence-electron chi connectivity index (χ4n) is 1.89. The van der Waals surface area contributed by atoms with Gasteiger partial charge in [0, 0.05) is 6.04 Å². The molecule has 24 heavy (non-hydrogen) atoms. The number of nitrogens with one attached hydrogen (secondary N) is 2. The van der Waals surface area contributed by atoms with Gasteiger partial charge < -0.3 is 10.6 Å². The molecule has 0 radical (unpaired) electrons. The van der Waals surface area contributed by atoms with E-state index in [0.29, 0.717) is 5.69 Å². The van der Waals surface area contributed by atoms with Crippen molar-refractivity contribution in [1.82, 2.24) is 15.1 Å². The first-order valence-electron chi connectivity index (χ1n) is 7.46. The molecule has 0 aliphatic rings. The van der Waals surface area contributed by atoms with E-state index >= 15 is 0 Å². The third-order valence-corrected chi connectivity index (χ3v) is 3.64. The second kappa shape index (κ2) is 6.94. The lowest BCUT2D eigenvalue weighted by molar-refractivity contribution is -0.137. The summed E-state index contributed by atoms with van der Waals surface area (Å²) in [6.07, 6.45) is -1.59. The molecular weight excluding hydrogens is 321 g/mol. The van der Waals surface area contributed by atoms with Crippen LogP contribution in [0.4, 0.5) is 23.7 Å². The lowest BCUT2D eigenvalue weighted by atomic mass is 10.1. The molecule has 2 rings (SSSR count). The number of hydrogen-bond donors (Lipinski definition) is 2. The van der Waals surface area contributed by atoms with Crippen molar-refractivity contribution in [3.8, 4) is 5.69 Å². The lowest BCUT2D eigenvalue weighted by Gasteiger charge is -2.17. The molecule has 0 bridgehead atoms. The molecule has 0 fully saturated rings. The Morgan fingerprint density at radius 3 is 2.58 bits per heavy atom. The normalized spacial score (nSPS) is 13.0. The van der Waals surface area contributed by atoms with E-state index in [9.17, 15) is 18.0 Å². The molecule has 0 spiro atoms. The molecule has 1 aromatic heterocycles. The first kappa shape index (κ1) is 17.8. The van der Waals surface area contributed by atoms with Crippen LogP contribution in [0.1, 0.15) is 26.3 Å². The minimum atomic E-state index is -4.42. The number of hydrogen-bond acceptors (Lipinski definition) is 2. The summed E-state index contributed by atoms with van der Waals surface area (Å²) in [5, 5.41) is 9.36. The Kier molecular flexibility index (Phi) is 5.16. The van der Waals surface area contributed by atoms with E-state index in [1.165, 1.54) is 29.2 Å². The van der Waals surface area contributed by atoms with Gasteiger partial charge in [0.15, 0.2) is 0 Å². The molecule has 130 valence electrons. The van der Waals surface area contributed by atoms with Crippen LogP contribution in [-0.4, -0.2) is 21.9 Å². The van der Waals surface area contributed by atoms with Crippen LogP contribution >= 0.6 is 0 Å². The number of rotatable bonds is 4. The monoisotopic (exact) mass is 340 g/mol. The number of carbonyl (C=O) groups is 1. The van der Waals surface area contributed by atoms with Crippen molar-refractivity contribution in [2.45, 2.75) is 33.0 Å². The van der Waals surface area contributed by atoms with Gasteiger partial charge >= 0.3 is 12.2 Å². The SMILES string of the molecule is CC(C)C(C)NC(=O)Nc1cnn(-c2cccc(C(F)(F)F)c2)c1. The van der Waals surface area contributed by atoms with Gasteiger partial charge in [-0.05, 0) is 31.0 Å². The van der Waals surface area contributed by atoms with Crippen LogP contribution in [0.2, 0.25) is 0 Å². The van der Waals surface area contributed by atoms with Crippen molar-refractivity contribution in [2.24, 2.45) is 5.92 Å². The quantitative estimate of drug-likeness (QED) is 0.882. The maximum atomic E-state index is 12.8. The fraction of sp³-hybridized carbons (Fsp3) is 0.375. The van der Waals surface area contributed by atoms with Crippen LogP contribution in [0.5, 0.6) is 0 Å². The van der Waals surface area contributed by atoms with Gasteiger partial charge in [-0.15, -0.1) is 0 Å². The number of anilines is 1. The zero-order valence-electron chi connectivity index (χ0n) is 13.6. The van der Waals surface area contributed by atoms with Crippen LogP contribution in [0.15, 0.2) is 36.7 Å². The zero-order valence-corrected chi connectivity index (χ0v) is 13.6. The molecule has 5 nitrogen and oxygen atoms in total. The maximum absolute atomic E-state index is 12.8. The number of nitrogens with zero attached hydrogens (tertiary/aromatic N) is 2. The predicted octanol–water partition coefficient (Wildman–Crippen LogP) is 4.06. The second-order valence-electron chi connectivity index (χ2n) is 5.85. The Bertz CT molecular complexity index is 709. The van der Waals surface area contributed by atoms with E-state index in [1.807, 2.05) is 20.8 Å². The van der Waals surface area contributed by atoms with Crippen LogP contribution in [0.3, 0.4) is 0 Å². The smallest absolute Gasteiger partial charge is 0.335 e. The zero-order chi connectivity index (χ0) is 17.9. The van der Waals surface area contributed by atoms with E-state index in [1.54, 1.807) is 0 Å². The number of aromatic nitrogens is 2. The van der Waals surface area contributed by atoms with Crippen LogP contribution in [0, 0.1) is 5.92 Å². The molecule has 1 unspecified atom stereocenters. The molecule has 2 amide bonds. The van der Waals surface area contributed by atoms with Crippen LogP contribution in [0.25, 0.3) is 5.69 Å². The minimum Gasteiger partial charge on any atom is -0.335 e. The number of amides is 2. The third kappa shape index (κ3) is 4.50. The van der Waals surface area contributed by atoms with Crippen molar-refractivity contribution < 1.29 is 18.0 Å². The topological polar surface area (TPSA) is 59.0 Å². The van der Waals surface area contributed by atoms with Crippen molar-refractivity contribution in [3.63, 3.8) is 0 Å². The summed E-state index contributed by atoms with van der Waals surface area (Å²) < 4.78 is 39.5. The molecule has 2 aromatic rings. The predicted molar refractivity (Wildman–Crippen MR) is 85.0 cm³/mol. The Morgan fingerprint density at radius 1 is 1.25 bits per heavy atom. The van der Waals surface area contributed by atoms with E-state index in [2.05, 4.69) is 15.7 Å². The molecule has 0 saturated heterocycles. The van der Waals surface area contributed by atoms with Gasteiger partial charge in [0.1, 0.15) is 0 Å². The summed E-state index contributed by atoms with van der Waals surface area (Å²) in [4.78, 5) is 11.9. The lowest BCUT2D eigenvalue weighted by Crippen LogP contribution is -2.38. The fourth-order valence-corrected chi connectivity index (χ4v) is 1.89. The van der Waals surface area contributed by atoms with Crippen LogP contribution < -0.4 is 10.6 Å². The summed E-state index contributed by atoms with van der Waals surface area (Å²) in [5.41, 5.74) is -0.108. The number of urea groups is 1. The number of halogens is 3. The molecule has 0 saturated carbocycles. The van der Waals surface area contributed by atoms with Gasteiger partial charge in [-0.25, -0.2) is 9.48 Å². The first-order chi connectivity index (χ1) is 11.2. The van der Waals surface area contributed by atoms with Crippen molar-refractivity contribution >= 4 is 11.7 Å². The molecule has 1 aromatic carbocycles. The summed E-state index contributed by atoms with van der Waals surface area (Å²) in [5.74, 6) is 0.281. The van der Waals surface area contributed by atoms with Gasteiger partial charge in [0.25, 0.3) is 0 Å².